The summed E-state index contributed by atoms with van der Waals surface area (Å²) < 4.78 is 88.1. The third kappa shape index (κ3) is 3.43. The van der Waals surface area contributed by atoms with E-state index in [-0.39, 0.29) is 4.47 Å². The Hall–Kier alpha value is -0.830. The van der Waals surface area contributed by atoms with Gasteiger partial charge >= 0.3 is 6.18 Å². The van der Waals surface area contributed by atoms with Gasteiger partial charge in [-0.05, 0) is 23.8 Å². The molecule has 0 bridgehead atoms. The number of alkyl halides is 6. The first-order chi connectivity index (χ1) is 8.99. The van der Waals surface area contributed by atoms with Crippen LogP contribution in [-0.2, 0) is 0 Å². The molecule has 0 aliphatic rings. The van der Waals surface area contributed by atoms with Crippen molar-refractivity contribution in [2.75, 3.05) is 0 Å². The van der Waals surface area contributed by atoms with Crippen LogP contribution >= 0.6 is 15.9 Å². The van der Waals surface area contributed by atoms with Gasteiger partial charge in [-0.1, -0.05) is 15.9 Å². The first-order valence-electron chi connectivity index (χ1n) is 5.16. The Bertz CT molecular complexity index is 476. The second-order valence-corrected chi connectivity index (χ2v) is 4.90. The number of hydrogen-bond donors (Lipinski definition) is 1. The Morgan fingerprint density at radius 2 is 1.70 bits per heavy atom. The van der Waals surface area contributed by atoms with E-state index in [1.54, 1.807) is 0 Å². The van der Waals surface area contributed by atoms with Crippen LogP contribution in [0.4, 0.5) is 30.7 Å². The fourth-order valence-electron chi connectivity index (χ4n) is 1.49. The minimum atomic E-state index is -5.86. The van der Waals surface area contributed by atoms with E-state index >= 15 is 0 Å². The Morgan fingerprint density at radius 1 is 1.15 bits per heavy atom. The summed E-state index contributed by atoms with van der Waals surface area (Å²) in [6, 6.07) is 2.63. The van der Waals surface area contributed by atoms with E-state index in [9.17, 15) is 35.8 Å². The molecule has 0 aromatic heterocycles. The van der Waals surface area contributed by atoms with Gasteiger partial charge in [-0.2, -0.15) is 13.2 Å². The second-order valence-electron chi connectivity index (χ2n) is 4.05. The highest BCUT2D eigenvalue weighted by Crippen LogP contribution is 2.45. The molecule has 1 N–H and O–H groups in total. The molecule has 2 unspecified atom stereocenters. The molecule has 1 aromatic carbocycles. The predicted octanol–water partition coefficient (Wildman–Crippen LogP) is 4.55. The van der Waals surface area contributed by atoms with Gasteiger partial charge in [-0.3, -0.25) is 0 Å². The molecule has 0 spiro atoms. The zero-order valence-electron chi connectivity index (χ0n) is 9.56. The monoisotopic (exact) mass is 368 g/mol. The normalized spacial score (nSPS) is 17.1. The number of rotatable bonds is 4. The minimum Gasteiger partial charge on any atom is -0.388 e. The molecule has 0 saturated carbocycles. The van der Waals surface area contributed by atoms with Gasteiger partial charge in [-0.25, -0.2) is 17.6 Å². The molecule has 1 nitrogen and oxygen atoms in total. The van der Waals surface area contributed by atoms with Gasteiger partial charge in [0, 0.05) is 10.9 Å². The van der Waals surface area contributed by atoms with Gasteiger partial charge in [0.25, 0.3) is 12.1 Å². The highest BCUT2D eigenvalue weighted by molar-refractivity contribution is 9.10. The lowest BCUT2D eigenvalue weighted by Gasteiger charge is -2.29. The molecule has 1 aromatic rings. The molecule has 0 amide bonds. The van der Waals surface area contributed by atoms with Gasteiger partial charge < -0.3 is 5.11 Å². The van der Waals surface area contributed by atoms with E-state index in [1.165, 1.54) is 0 Å². The van der Waals surface area contributed by atoms with E-state index in [1.807, 2.05) is 0 Å². The Balaban J connectivity index is 3.09. The molecule has 9 heteroatoms. The maximum atomic E-state index is 13.4. The van der Waals surface area contributed by atoms with Gasteiger partial charge in [-0.15, -0.1) is 0 Å². The summed E-state index contributed by atoms with van der Waals surface area (Å²) in [6.07, 6.45) is -14.4. The smallest absolute Gasteiger partial charge is 0.388 e. The van der Waals surface area contributed by atoms with Crippen LogP contribution in [-0.4, -0.2) is 23.4 Å². The first-order valence-corrected chi connectivity index (χ1v) is 5.95. The molecule has 20 heavy (non-hydrogen) atoms. The topological polar surface area (TPSA) is 20.2 Å². The van der Waals surface area contributed by atoms with Crippen LogP contribution < -0.4 is 0 Å². The van der Waals surface area contributed by atoms with Crippen LogP contribution in [0.15, 0.2) is 22.7 Å². The van der Waals surface area contributed by atoms with Crippen molar-refractivity contribution in [2.24, 2.45) is 0 Å². The summed E-state index contributed by atoms with van der Waals surface area (Å²) in [5, 5.41) is 9.50. The van der Waals surface area contributed by atoms with E-state index in [2.05, 4.69) is 15.9 Å². The van der Waals surface area contributed by atoms with Gasteiger partial charge in [0.1, 0.15) is 5.82 Å². The molecular formula is C11H8BrF7O. The van der Waals surface area contributed by atoms with E-state index < -0.39 is 42.2 Å². The number of aliphatic hydroxyl groups excluding tert-OH is 1. The standard InChI is InChI=1S/C11H8BrF7O/c12-7-2-1-5(13)3-6(7)8(20)4-10(16,9(14)15)11(17,18)19/h1-3,8-9,20H,4H2. The highest BCUT2D eigenvalue weighted by Gasteiger charge is 2.63. The zero-order chi connectivity index (χ0) is 15.7. The molecule has 0 aliphatic carbocycles. The van der Waals surface area contributed by atoms with Gasteiger partial charge in [0.15, 0.2) is 0 Å². The van der Waals surface area contributed by atoms with Crippen molar-refractivity contribution < 1.29 is 35.8 Å². The highest BCUT2D eigenvalue weighted by atomic mass is 79.9. The lowest BCUT2D eigenvalue weighted by molar-refractivity contribution is -0.276. The minimum absolute atomic E-state index is 0.0230. The molecule has 1 rings (SSSR count). The fraction of sp³-hybridized carbons (Fsp3) is 0.455. The summed E-state index contributed by atoms with van der Waals surface area (Å²) in [5.41, 5.74) is -5.32. The Morgan fingerprint density at radius 3 is 2.15 bits per heavy atom. The van der Waals surface area contributed by atoms with Crippen molar-refractivity contribution in [3.8, 4) is 0 Å². The summed E-state index contributed by atoms with van der Waals surface area (Å²) >= 11 is 2.81. The van der Waals surface area contributed by atoms with E-state index in [0.29, 0.717) is 6.07 Å². The Labute approximate surface area is 117 Å². The Kier molecular flexibility index (Phi) is 5.07. The SMILES string of the molecule is OC(CC(F)(C(F)F)C(F)(F)F)c1cc(F)ccc1Br. The number of aliphatic hydroxyl groups is 1. The number of halogens is 8. The maximum Gasteiger partial charge on any atom is 0.428 e. The van der Waals surface area contributed by atoms with Crippen LogP contribution in [0.3, 0.4) is 0 Å². The van der Waals surface area contributed by atoms with Crippen molar-refractivity contribution in [2.45, 2.75) is 30.8 Å². The van der Waals surface area contributed by atoms with Crippen molar-refractivity contribution in [1.29, 1.82) is 0 Å². The first kappa shape index (κ1) is 17.2. The molecule has 0 saturated heterocycles. The number of hydrogen-bond acceptors (Lipinski definition) is 1. The summed E-state index contributed by atoms with van der Waals surface area (Å²) in [6.45, 7) is 0. The number of benzene rings is 1. The van der Waals surface area contributed by atoms with Crippen molar-refractivity contribution in [3.05, 3.63) is 34.1 Å². The molecule has 114 valence electrons. The molecular weight excluding hydrogens is 361 g/mol. The summed E-state index contributed by atoms with van der Waals surface area (Å²) in [4.78, 5) is 0. The molecule has 2 atom stereocenters. The third-order valence-electron chi connectivity index (χ3n) is 2.62. The summed E-state index contributed by atoms with van der Waals surface area (Å²) in [7, 11) is 0. The largest absolute Gasteiger partial charge is 0.428 e. The molecule has 0 heterocycles. The predicted molar refractivity (Wildman–Crippen MR) is 59.6 cm³/mol. The van der Waals surface area contributed by atoms with Crippen LogP contribution in [0.5, 0.6) is 0 Å². The average molecular weight is 369 g/mol. The summed E-state index contributed by atoms with van der Waals surface area (Å²) in [5.74, 6) is -0.907. The quantitative estimate of drug-likeness (QED) is 0.773. The van der Waals surface area contributed by atoms with Gasteiger partial charge in [0.05, 0.1) is 6.10 Å². The van der Waals surface area contributed by atoms with E-state index in [0.717, 1.165) is 12.1 Å². The van der Waals surface area contributed by atoms with Crippen molar-refractivity contribution in [3.63, 3.8) is 0 Å². The van der Waals surface area contributed by atoms with Crippen molar-refractivity contribution >= 4 is 15.9 Å². The van der Waals surface area contributed by atoms with Crippen LogP contribution in [0.2, 0.25) is 0 Å². The molecule has 0 aliphatic heterocycles. The van der Waals surface area contributed by atoms with Crippen LogP contribution in [0.1, 0.15) is 18.1 Å². The fourth-order valence-corrected chi connectivity index (χ4v) is 2.00. The molecule has 0 fully saturated rings. The van der Waals surface area contributed by atoms with Crippen LogP contribution in [0.25, 0.3) is 0 Å². The third-order valence-corrected chi connectivity index (χ3v) is 3.35. The zero-order valence-corrected chi connectivity index (χ0v) is 11.2. The average Bonchev–Trinajstić information content (AvgIpc) is 2.30. The van der Waals surface area contributed by atoms with E-state index in [4.69, 9.17) is 0 Å². The maximum absolute atomic E-state index is 13.4. The van der Waals surface area contributed by atoms with Crippen molar-refractivity contribution in [1.82, 2.24) is 0 Å². The van der Waals surface area contributed by atoms with Crippen LogP contribution in [0, 0.1) is 5.82 Å². The lowest BCUT2D eigenvalue weighted by atomic mass is 9.94. The second kappa shape index (κ2) is 5.88. The van der Waals surface area contributed by atoms with Gasteiger partial charge in [0.2, 0.25) is 0 Å². The lowest BCUT2D eigenvalue weighted by Crippen LogP contribution is -2.48. The molecule has 0 radical (unpaired) electrons.